The zero-order valence-corrected chi connectivity index (χ0v) is 15.0. The van der Waals surface area contributed by atoms with Crippen molar-refractivity contribution < 1.29 is 13.5 Å². The molecule has 0 aliphatic heterocycles. The van der Waals surface area contributed by atoms with Gasteiger partial charge in [-0.15, -0.1) is 0 Å². The van der Waals surface area contributed by atoms with Crippen molar-refractivity contribution in [3.05, 3.63) is 62.0 Å². The van der Waals surface area contributed by atoms with E-state index in [0.717, 1.165) is 14.5 Å². The highest BCUT2D eigenvalue weighted by Crippen LogP contribution is 2.39. The van der Waals surface area contributed by atoms with Gasteiger partial charge in [-0.25, -0.2) is 8.78 Å². The van der Waals surface area contributed by atoms with E-state index in [9.17, 15) is 8.78 Å². The molecular formula is C14H9Br3F2O. The SMILES string of the molecule is COc1cc(F)c(C(Br)c2ccc(Br)cc2Br)c(F)c1. The number of methoxy groups -OCH3 is 1. The molecule has 20 heavy (non-hydrogen) atoms. The Bertz CT molecular complexity index is 623. The summed E-state index contributed by atoms with van der Waals surface area (Å²) in [4.78, 5) is -0.601. The summed E-state index contributed by atoms with van der Waals surface area (Å²) in [7, 11) is 1.37. The van der Waals surface area contributed by atoms with E-state index in [-0.39, 0.29) is 11.3 Å². The molecule has 0 aliphatic rings. The van der Waals surface area contributed by atoms with Crippen LogP contribution in [0.1, 0.15) is 16.0 Å². The summed E-state index contributed by atoms with van der Waals surface area (Å²) in [6, 6.07) is 7.76. The fourth-order valence-electron chi connectivity index (χ4n) is 1.78. The predicted molar refractivity (Wildman–Crippen MR) is 85.5 cm³/mol. The van der Waals surface area contributed by atoms with Crippen molar-refractivity contribution in [2.45, 2.75) is 4.83 Å². The first-order valence-electron chi connectivity index (χ1n) is 5.56. The Morgan fingerprint density at radius 3 is 2.15 bits per heavy atom. The van der Waals surface area contributed by atoms with Crippen LogP contribution in [-0.2, 0) is 0 Å². The maximum absolute atomic E-state index is 14.1. The number of hydrogen-bond donors (Lipinski definition) is 0. The summed E-state index contributed by atoms with van der Waals surface area (Å²) in [5.74, 6) is -1.16. The van der Waals surface area contributed by atoms with Gasteiger partial charge in [-0.1, -0.05) is 53.9 Å². The molecule has 0 saturated heterocycles. The molecule has 0 aromatic heterocycles. The molecule has 0 aliphatic carbocycles. The summed E-state index contributed by atoms with van der Waals surface area (Å²) in [6.45, 7) is 0. The van der Waals surface area contributed by atoms with Crippen LogP contribution in [0.15, 0.2) is 39.3 Å². The average molecular weight is 471 g/mol. The zero-order chi connectivity index (χ0) is 14.9. The third-order valence-corrected chi connectivity index (χ3v) is 4.91. The molecule has 6 heteroatoms. The summed E-state index contributed by atoms with van der Waals surface area (Å²) in [5.41, 5.74) is 0.685. The number of ether oxygens (including phenoxy) is 1. The largest absolute Gasteiger partial charge is 0.497 e. The van der Waals surface area contributed by atoms with Crippen molar-refractivity contribution in [2.75, 3.05) is 7.11 Å². The van der Waals surface area contributed by atoms with E-state index in [1.165, 1.54) is 19.2 Å². The summed E-state index contributed by atoms with van der Waals surface area (Å²) in [6.07, 6.45) is 0. The monoisotopic (exact) mass is 468 g/mol. The van der Waals surface area contributed by atoms with Crippen molar-refractivity contribution in [1.29, 1.82) is 0 Å². The molecule has 0 N–H and O–H groups in total. The minimum atomic E-state index is -0.654. The lowest BCUT2D eigenvalue weighted by Crippen LogP contribution is -2.02. The predicted octanol–water partition coefficient (Wildman–Crippen LogP) is 5.98. The van der Waals surface area contributed by atoms with E-state index in [1.54, 1.807) is 6.07 Å². The fraction of sp³-hybridized carbons (Fsp3) is 0.143. The van der Waals surface area contributed by atoms with Crippen LogP contribution in [-0.4, -0.2) is 7.11 Å². The van der Waals surface area contributed by atoms with E-state index in [1.807, 2.05) is 12.1 Å². The average Bonchev–Trinajstić information content (AvgIpc) is 2.37. The minimum absolute atomic E-state index is 0.0474. The van der Waals surface area contributed by atoms with Gasteiger partial charge >= 0.3 is 0 Å². The number of rotatable bonds is 3. The second-order valence-electron chi connectivity index (χ2n) is 4.03. The Balaban J connectivity index is 2.50. The van der Waals surface area contributed by atoms with Crippen molar-refractivity contribution in [2.24, 2.45) is 0 Å². The number of hydrogen-bond acceptors (Lipinski definition) is 1. The molecule has 0 amide bonds. The number of benzene rings is 2. The van der Waals surface area contributed by atoms with Gasteiger partial charge in [0.25, 0.3) is 0 Å². The molecule has 2 aromatic carbocycles. The van der Waals surface area contributed by atoms with Crippen LogP contribution in [0.25, 0.3) is 0 Å². The molecule has 1 unspecified atom stereocenters. The lowest BCUT2D eigenvalue weighted by atomic mass is 10.0. The first-order chi connectivity index (χ1) is 9.43. The van der Waals surface area contributed by atoms with Crippen LogP contribution in [0, 0.1) is 11.6 Å². The van der Waals surface area contributed by atoms with Gasteiger partial charge in [0, 0.05) is 26.6 Å². The van der Waals surface area contributed by atoms with Gasteiger partial charge in [0.15, 0.2) is 0 Å². The van der Waals surface area contributed by atoms with E-state index in [2.05, 4.69) is 47.8 Å². The van der Waals surface area contributed by atoms with Crippen LogP contribution in [0.4, 0.5) is 8.78 Å². The first-order valence-corrected chi connectivity index (χ1v) is 8.06. The van der Waals surface area contributed by atoms with Crippen molar-refractivity contribution in [1.82, 2.24) is 0 Å². The number of halogens is 5. The maximum atomic E-state index is 14.1. The van der Waals surface area contributed by atoms with Crippen LogP contribution >= 0.6 is 47.8 Å². The molecule has 0 heterocycles. The Kier molecular flexibility index (Phi) is 5.20. The van der Waals surface area contributed by atoms with Crippen molar-refractivity contribution >= 4 is 47.8 Å². The second-order valence-corrected chi connectivity index (χ2v) is 6.72. The molecular weight excluding hydrogens is 462 g/mol. The highest BCUT2D eigenvalue weighted by atomic mass is 79.9. The molecule has 0 spiro atoms. The van der Waals surface area contributed by atoms with Crippen LogP contribution in [0.2, 0.25) is 0 Å². The summed E-state index contributed by atoms with van der Waals surface area (Å²) < 4.78 is 34.6. The molecule has 0 fully saturated rings. The topological polar surface area (TPSA) is 9.23 Å². The van der Waals surface area contributed by atoms with Crippen molar-refractivity contribution in [3.8, 4) is 5.75 Å². The summed E-state index contributed by atoms with van der Waals surface area (Å²) >= 11 is 10.1. The lowest BCUT2D eigenvalue weighted by Gasteiger charge is -2.15. The third-order valence-electron chi connectivity index (χ3n) is 2.78. The van der Waals surface area contributed by atoms with Crippen LogP contribution < -0.4 is 4.74 Å². The van der Waals surface area contributed by atoms with Gasteiger partial charge in [0.1, 0.15) is 17.4 Å². The fourth-order valence-corrected chi connectivity index (χ4v) is 4.20. The molecule has 0 bridgehead atoms. The van der Waals surface area contributed by atoms with Crippen LogP contribution in [0.3, 0.4) is 0 Å². The highest BCUT2D eigenvalue weighted by molar-refractivity contribution is 9.11. The number of alkyl halides is 1. The van der Waals surface area contributed by atoms with Gasteiger partial charge < -0.3 is 4.74 Å². The van der Waals surface area contributed by atoms with E-state index < -0.39 is 16.5 Å². The smallest absolute Gasteiger partial charge is 0.134 e. The van der Waals surface area contributed by atoms with Crippen molar-refractivity contribution in [3.63, 3.8) is 0 Å². The Labute approximate surface area is 140 Å². The summed E-state index contributed by atoms with van der Waals surface area (Å²) in [5, 5.41) is 0. The second kappa shape index (κ2) is 6.54. The maximum Gasteiger partial charge on any atom is 0.134 e. The minimum Gasteiger partial charge on any atom is -0.497 e. The van der Waals surface area contributed by atoms with E-state index in [0.29, 0.717) is 0 Å². The van der Waals surface area contributed by atoms with Gasteiger partial charge in [-0.3, -0.25) is 0 Å². The Morgan fingerprint density at radius 2 is 1.65 bits per heavy atom. The van der Waals surface area contributed by atoms with Gasteiger partial charge in [0.2, 0.25) is 0 Å². The molecule has 1 atom stereocenters. The van der Waals surface area contributed by atoms with Crippen LogP contribution in [0.5, 0.6) is 5.75 Å². The zero-order valence-electron chi connectivity index (χ0n) is 10.3. The van der Waals surface area contributed by atoms with Gasteiger partial charge in [0.05, 0.1) is 11.9 Å². The third kappa shape index (κ3) is 3.23. The van der Waals surface area contributed by atoms with E-state index in [4.69, 9.17) is 4.74 Å². The molecule has 1 nitrogen and oxygen atoms in total. The van der Waals surface area contributed by atoms with E-state index >= 15 is 0 Å². The molecule has 0 radical (unpaired) electrons. The first kappa shape index (κ1) is 15.9. The quantitative estimate of drug-likeness (QED) is 0.501. The highest BCUT2D eigenvalue weighted by Gasteiger charge is 2.22. The molecule has 2 aromatic rings. The molecule has 106 valence electrons. The normalized spacial score (nSPS) is 12.3. The van der Waals surface area contributed by atoms with Gasteiger partial charge in [-0.05, 0) is 17.7 Å². The standard InChI is InChI=1S/C14H9Br3F2O/c1-20-8-5-11(18)13(12(19)6-8)14(17)9-3-2-7(15)4-10(9)16/h2-6,14H,1H3. The molecule has 2 rings (SSSR count). The Morgan fingerprint density at radius 1 is 1.05 bits per heavy atom. The lowest BCUT2D eigenvalue weighted by molar-refractivity contribution is 0.405. The van der Waals surface area contributed by atoms with Gasteiger partial charge in [-0.2, -0.15) is 0 Å². The Hall–Kier alpha value is -0.460. The molecule has 0 saturated carbocycles.